The van der Waals surface area contributed by atoms with Crippen LogP contribution in [0.1, 0.15) is 12.5 Å². The van der Waals surface area contributed by atoms with Crippen molar-refractivity contribution in [2.45, 2.75) is 13.5 Å². The molecule has 160 valence electrons. The molecule has 0 fully saturated rings. The van der Waals surface area contributed by atoms with Crippen LogP contribution in [0.25, 0.3) is 21.8 Å². The van der Waals surface area contributed by atoms with Crippen LogP contribution in [0.3, 0.4) is 0 Å². The average molecular weight is 578 g/mol. The maximum absolute atomic E-state index is 9.00. The normalized spacial score (nSPS) is 10.5. The van der Waals surface area contributed by atoms with Gasteiger partial charge in [0.1, 0.15) is 0 Å². The zero-order chi connectivity index (χ0) is 21.3. The van der Waals surface area contributed by atoms with Crippen molar-refractivity contribution in [2.75, 3.05) is 0 Å². The molecule has 4 rings (SSSR count). The van der Waals surface area contributed by atoms with Crippen molar-refractivity contribution in [2.24, 2.45) is 7.05 Å². The molecule has 1 heterocycles. The maximum Gasteiger partial charge on any atom is 1.00 e. The molecule has 0 saturated carbocycles. The summed E-state index contributed by atoms with van der Waals surface area (Å²) in [4.78, 5) is 9.00. The van der Waals surface area contributed by atoms with Crippen molar-refractivity contribution in [3.8, 4) is 0 Å². The van der Waals surface area contributed by atoms with Crippen molar-refractivity contribution in [1.29, 1.82) is 0 Å². The standard InChI is InChI=1S/C19H12Cl4N2.C2H4O2.Ag/c1-24-10-25(19-17(23)15(21)14(20)16(22)18(19)24)9-11-6-7-12-4-2-3-5-13(12)8-11;1-2(3)4;/h2-8H,9H2,1H3;1H3,(H,3,4);/q;;+1. The van der Waals surface area contributed by atoms with E-state index in [1.165, 1.54) is 10.8 Å². The van der Waals surface area contributed by atoms with E-state index < -0.39 is 5.97 Å². The van der Waals surface area contributed by atoms with Crippen molar-refractivity contribution in [1.82, 2.24) is 4.57 Å². The van der Waals surface area contributed by atoms with Crippen molar-refractivity contribution in [3.05, 3.63) is 74.4 Å². The van der Waals surface area contributed by atoms with Crippen LogP contribution >= 0.6 is 46.4 Å². The Labute approximate surface area is 209 Å². The van der Waals surface area contributed by atoms with E-state index in [0.717, 1.165) is 18.0 Å². The molecule has 0 radical (unpaired) electrons. The Kier molecular flexibility index (Phi) is 8.66. The van der Waals surface area contributed by atoms with Gasteiger partial charge in [0.2, 0.25) is 6.33 Å². The molecule has 0 amide bonds. The molecule has 1 aromatic heterocycles. The monoisotopic (exact) mass is 575 g/mol. The van der Waals surface area contributed by atoms with Gasteiger partial charge in [0, 0.05) is 28.0 Å². The van der Waals surface area contributed by atoms with Gasteiger partial charge in [-0.1, -0.05) is 82.8 Å². The summed E-state index contributed by atoms with van der Waals surface area (Å²) in [6.07, 6.45) is 3.23. The zero-order valence-corrected chi connectivity index (χ0v) is 20.3. The van der Waals surface area contributed by atoms with Gasteiger partial charge in [-0.2, -0.15) is 0 Å². The number of fused-ring (bicyclic) bond motifs is 2. The molecule has 0 atom stereocenters. The molecule has 0 spiro atoms. The summed E-state index contributed by atoms with van der Waals surface area (Å²) in [5.74, 6) is -0.833. The summed E-state index contributed by atoms with van der Waals surface area (Å²) in [6, 6.07) is 14.6. The predicted octanol–water partition coefficient (Wildman–Crippen LogP) is 6.17. The van der Waals surface area contributed by atoms with Crippen LogP contribution in [0.2, 0.25) is 20.1 Å². The molecule has 4 aromatic rings. The molecule has 3 aromatic carbocycles. The fourth-order valence-corrected chi connectivity index (χ4v) is 4.14. The van der Waals surface area contributed by atoms with Crippen molar-refractivity contribution in [3.63, 3.8) is 0 Å². The number of hydrogen-bond donors (Lipinski definition) is 1. The minimum absolute atomic E-state index is 0. The molecule has 0 bridgehead atoms. The van der Waals surface area contributed by atoms with E-state index >= 15 is 0 Å². The van der Waals surface area contributed by atoms with Gasteiger partial charge in [0.25, 0.3) is 5.97 Å². The van der Waals surface area contributed by atoms with E-state index in [1.54, 1.807) is 4.57 Å². The number of aryl methyl sites for hydroxylation is 1. The number of carboxylic acids is 1. The zero-order valence-electron chi connectivity index (χ0n) is 15.8. The van der Waals surface area contributed by atoms with Crippen LogP contribution in [0, 0.1) is 6.33 Å². The third-order valence-electron chi connectivity index (χ3n) is 4.25. The Bertz CT molecular complexity index is 1240. The number of carbonyl (C=O) groups is 1. The Hall–Kier alpha value is -1.24. The Morgan fingerprint density at radius 3 is 2.20 bits per heavy atom. The minimum Gasteiger partial charge on any atom is -0.481 e. The van der Waals surface area contributed by atoms with Crippen molar-refractivity contribution < 1.29 is 36.8 Å². The molecule has 1 N–H and O–H groups in total. The smallest absolute Gasteiger partial charge is 0.481 e. The quantitative estimate of drug-likeness (QED) is 0.102. The van der Waals surface area contributed by atoms with E-state index in [2.05, 4.69) is 36.7 Å². The van der Waals surface area contributed by atoms with Gasteiger partial charge in [-0.3, -0.25) is 4.79 Å². The second-order valence-corrected chi connectivity index (χ2v) is 7.91. The number of imidazole rings is 1. The summed E-state index contributed by atoms with van der Waals surface area (Å²) in [6.45, 7) is 1.68. The van der Waals surface area contributed by atoms with E-state index in [-0.39, 0.29) is 32.4 Å². The SMILES string of the molecule is CC(=O)O.Cn1[c-][n+](Cc2ccc3ccccc3c2)c2c(Cl)c(Cl)c(Cl)c(Cl)c21.[Ag+]. The van der Waals surface area contributed by atoms with Gasteiger partial charge in [-0.15, -0.1) is 0 Å². The molecule has 4 nitrogen and oxygen atoms in total. The van der Waals surface area contributed by atoms with Crippen molar-refractivity contribution >= 4 is 74.2 Å². The number of aliphatic carboxylic acids is 1. The molecule has 0 saturated heterocycles. The largest absolute Gasteiger partial charge is 1.00 e. The van der Waals surface area contributed by atoms with Gasteiger partial charge in [0.15, 0.2) is 0 Å². The van der Waals surface area contributed by atoms with Crippen LogP contribution in [0.5, 0.6) is 0 Å². The van der Waals surface area contributed by atoms with Crippen LogP contribution < -0.4 is 4.57 Å². The van der Waals surface area contributed by atoms with Crippen LogP contribution in [0.4, 0.5) is 0 Å². The molecule has 30 heavy (non-hydrogen) atoms. The van der Waals surface area contributed by atoms with Gasteiger partial charge in [-0.05, 0) is 22.4 Å². The number of halogens is 4. The second-order valence-electron chi connectivity index (χ2n) is 6.40. The summed E-state index contributed by atoms with van der Waals surface area (Å²) in [7, 11) is 1.85. The Morgan fingerprint density at radius 2 is 1.57 bits per heavy atom. The topological polar surface area (TPSA) is 46.1 Å². The molecule has 0 aliphatic rings. The minimum atomic E-state index is -0.833. The first-order valence-corrected chi connectivity index (χ1v) is 10.0. The van der Waals surface area contributed by atoms with E-state index in [4.69, 9.17) is 56.3 Å². The van der Waals surface area contributed by atoms with Crippen LogP contribution in [-0.4, -0.2) is 15.6 Å². The third kappa shape index (κ3) is 5.14. The fourth-order valence-electron chi connectivity index (χ4n) is 3.08. The van der Waals surface area contributed by atoms with Gasteiger partial charge >= 0.3 is 22.4 Å². The fraction of sp³-hybridized carbons (Fsp3) is 0.143. The average Bonchev–Trinajstić information content (AvgIpc) is 3.00. The number of carboxylic acid groups (broad SMARTS) is 1. The van der Waals surface area contributed by atoms with Gasteiger partial charge in [0.05, 0.1) is 23.6 Å². The summed E-state index contributed by atoms with van der Waals surface area (Å²) in [5, 5.41) is 11.1. The second kappa shape index (κ2) is 10.4. The molecule has 0 aliphatic heterocycles. The Morgan fingerprint density at radius 1 is 1.00 bits per heavy atom. The van der Waals surface area contributed by atoms with E-state index in [9.17, 15) is 0 Å². The third-order valence-corrected chi connectivity index (χ3v) is 6.03. The predicted molar refractivity (Wildman–Crippen MR) is 118 cm³/mol. The summed E-state index contributed by atoms with van der Waals surface area (Å²) < 4.78 is 3.70. The van der Waals surface area contributed by atoms with Gasteiger partial charge in [-0.25, -0.2) is 0 Å². The number of aromatic nitrogens is 2. The van der Waals surface area contributed by atoms with Crippen LogP contribution in [0.15, 0.2) is 42.5 Å². The number of benzene rings is 3. The Balaban J connectivity index is 0.000000591. The molecule has 0 unspecified atom stereocenters. The first-order chi connectivity index (χ1) is 13.7. The maximum atomic E-state index is 9.00. The molecule has 9 heteroatoms. The summed E-state index contributed by atoms with van der Waals surface area (Å²) in [5.41, 5.74) is 2.56. The summed E-state index contributed by atoms with van der Waals surface area (Å²) >= 11 is 25.3. The van der Waals surface area contributed by atoms with E-state index in [0.29, 0.717) is 22.1 Å². The number of rotatable bonds is 2. The number of hydrogen-bond acceptors (Lipinski definition) is 1. The molecular formula is C21H16AgCl4N2O2+. The first kappa shape index (κ1) is 25.0. The van der Waals surface area contributed by atoms with Crippen LogP contribution in [-0.2, 0) is 40.8 Å². The van der Waals surface area contributed by atoms with E-state index in [1.807, 2.05) is 23.7 Å². The number of nitrogens with zero attached hydrogens (tertiary/aromatic N) is 2. The van der Waals surface area contributed by atoms with Gasteiger partial charge < -0.3 is 14.2 Å². The molecule has 0 aliphatic carbocycles. The molecular weight excluding hydrogens is 562 g/mol. The first-order valence-electron chi connectivity index (χ1n) is 8.51.